The van der Waals surface area contributed by atoms with Gasteiger partial charge in [-0.25, -0.2) is 4.79 Å². The molecule has 29 heavy (non-hydrogen) atoms. The molecule has 7 nitrogen and oxygen atoms in total. The lowest BCUT2D eigenvalue weighted by atomic mass is 9.96. The standard InChI is InChI=1S/C22H33N3O4/c1-28-19-9-8-16(20(15-19)29-2)14-21(26)25-12-10-18(11-13-25)24-22(27)23-17-6-4-3-5-7-17/h8-9,15,17-18H,3-7,10-14H2,1-2H3,(H2,23,24,27). The van der Waals surface area contributed by atoms with Crippen LogP contribution in [0.4, 0.5) is 4.79 Å². The average Bonchev–Trinajstić information content (AvgIpc) is 2.75. The van der Waals surface area contributed by atoms with E-state index in [1.54, 1.807) is 20.3 Å². The minimum absolute atomic E-state index is 0.0651. The molecule has 160 valence electrons. The van der Waals surface area contributed by atoms with Gasteiger partial charge in [0.15, 0.2) is 0 Å². The predicted molar refractivity (Wildman–Crippen MR) is 111 cm³/mol. The predicted octanol–water partition coefficient (Wildman–Crippen LogP) is 2.87. The molecule has 2 fully saturated rings. The van der Waals surface area contributed by atoms with Gasteiger partial charge in [0.25, 0.3) is 0 Å². The Hall–Kier alpha value is -2.44. The van der Waals surface area contributed by atoms with Crippen molar-refractivity contribution in [2.75, 3.05) is 27.3 Å². The second kappa shape index (κ2) is 10.4. The average molecular weight is 404 g/mol. The zero-order chi connectivity index (χ0) is 20.6. The third-order valence-electron chi connectivity index (χ3n) is 5.96. The first-order valence-corrected chi connectivity index (χ1v) is 10.6. The number of carbonyl (C=O) groups excluding carboxylic acids is 2. The molecule has 2 N–H and O–H groups in total. The molecule has 0 bridgehead atoms. The molecule has 1 heterocycles. The Kier molecular flexibility index (Phi) is 7.61. The summed E-state index contributed by atoms with van der Waals surface area (Å²) in [5, 5.41) is 6.18. The van der Waals surface area contributed by atoms with Crippen molar-refractivity contribution in [3.05, 3.63) is 23.8 Å². The number of piperidine rings is 1. The molecule has 0 aromatic heterocycles. The van der Waals surface area contributed by atoms with Gasteiger partial charge < -0.3 is 25.0 Å². The summed E-state index contributed by atoms with van der Waals surface area (Å²) in [6.45, 7) is 1.32. The number of likely N-dealkylation sites (tertiary alicyclic amines) is 1. The van der Waals surface area contributed by atoms with E-state index in [9.17, 15) is 9.59 Å². The molecule has 1 aliphatic carbocycles. The van der Waals surface area contributed by atoms with E-state index in [2.05, 4.69) is 10.6 Å². The van der Waals surface area contributed by atoms with Crippen LogP contribution in [0.5, 0.6) is 11.5 Å². The number of hydrogen-bond donors (Lipinski definition) is 2. The van der Waals surface area contributed by atoms with Gasteiger partial charge in [0.2, 0.25) is 5.91 Å². The van der Waals surface area contributed by atoms with Crippen LogP contribution >= 0.6 is 0 Å². The van der Waals surface area contributed by atoms with Crippen molar-refractivity contribution in [2.45, 2.75) is 63.5 Å². The molecule has 1 saturated carbocycles. The van der Waals surface area contributed by atoms with Crippen molar-refractivity contribution in [1.29, 1.82) is 0 Å². The van der Waals surface area contributed by atoms with Crippen LogP contribution in [0, 0.1) is 0 Å². The largest absolute Gasteiger partial charge is 0.497 e. The fourth-order valence-corrected chi connectivity index (χ4v) is 4.21. The second-order valence-corrected chi connectivity index (χ2v) is 7.96. The van der Waals surface area contributed by atoms with E-state index in [1.807, 2.05) is 17.0 Å². The number of benzene rings is 1. The maximum absolute atomic E-state index is 12.7. The molecular weight excluding hydrogens is 370 g/mol. The van der Waals surface area contributed by atoms with Crippen molar-refractivity contribution < 1.29 is 19.1 Å². The van der Waals surface area contributed by atoms with Crippen LogP contribution in [0.2, 0.25) is 0 Å². The molecule has 0 spiro atoms. The van der Waals surface area contributed by atoms with E-state index in [4.69, 9.17) is 9.47 Å². The van der Waals surface area contributed by atoms with Crippen LogP contribution in [-0.2, 0) is 11.2 Å². The molecular formula is C22H33N3O4. The maximum Gasteiger partial charge on any atom is 0.315 e. The molecule has 3 rings (SSSR count). The van der Waals surface area contributed by atoms with Crippen LogP contribution in [0.25, 0.3) is 0 Å². The molecule has 7 heteroatoms. The summed E-state index contributed by atoms with van der Waals surface area (Å²) in [7, 11) is 3.20. The fourth-order valence-electron chi connectivity index (χ4n) is 4.21. The van der Waals surface area contributed by atoms with Gasteiger partial charge in [0.05, 0.1) is 20.6 Å². The van der Waals surface area contributed by atoms with Crippen molar-refractivity contribution >= 4 is 11.9 Å². The number of hydrogen-bond acceptors (Lipinski definition) is 4. The lowest BCUT2D eigenvalue weighted by Crippen LogP contribution is -2.51. The Bertz CT molecular complexity index is 695. The number of methoxy groups -OCH3 is 2. The van der Waals surface area contributed by atoms with Crippen LogP contribution in [-0.4, -0.2) is 56.2 Å². The molecule has 0 radical (unpaired) electrons. The van der Waals surface area contributed by atoms with Gasteiger partial charge in [-0.3, -0.25) is 4.79 Å². The number of nitrogens with one attached hydrogen (secondary N) is 2. The van der Waals surface area contributed by atoms with Crippen molar-refractivity contribution in [3.8, 4) is 11.5 Å². The molecule has 3 amide bonds. The van der Waals surface area contributed by atoms with Crippen molar-refractivity contribution in [1.82, 2.24) is 15.5 Å². The summed E-state index contributed by atoms with van der Waals surface area (Å²) < 4.78 is 10.6. The van der Waals surface area contributed by atoms with E-state index in [0.717, 1.165) is 31.2 Å². The summed E-state index contributed by atoms with van der Waals surface area (Å²) in [5.41, 5.74) is 0.852. The molecule has 1 aromatic rings. The molecule has 1 saturated heterocycles. The SMILES string of the molecule is COc1ccc(CC(=O)N2CCC(NC(=O)NC3CCCCC3)CC2)c(OC)c1. The Balaban J connectivity index is 1.44. The zero-order valence-electron chi connectivity index (χ0n) is 17.5. The highest BCUT2D eigenvalue weighted by Crippen LogP contribution is 2.26. The van der Waals surface area contributed by atoms with E-state index < -0.39 is 0 Å². The zero-order valence-corrected chi connectivity index (χ0v) is 17.5. The van der Waals surface area contributed by atoms with Crippen LogP contribution in [0.1, 0.15) is 50.5 Å². The molecule has 2 aliphatic rings. The summed E-state index contributed by atoms with van der Waals surface area (Å²) in [5.74, 6) is 1.45. The van der Waals surface area contributed by atoms with Gasteiger partial charge in [0.1, 0.15) is 11.5 Å². The van der Waals surface area contributed by atoms with Gasteiger partial charge in [-0.1, -0.05) is 25.3 Å². The van der Waals surface area contributed by atoms with E-state index in [0.29, 0.717) is 37.1 Å². The van der Waals surface area contributed by atoms with E-state index in [1.165, 1.54) is 19.3 Å². The lowest BCUT2D eigenvalue weighted by molar-refractivity contribution is -0.131. The normalized spacial score (nSPS) is 18.2. The topological polar surface area (TPSA) is 79.9 Å². The Morgan fingerprint density at radius 3 is 2.24 bits per heavy atom. The maximum atomic E-state index is 12.7. The van der Waals surface area contributed by atoms with Crippen LogP contribution in [0.15, 0.2) is 18.2 Å². The van der Waals surface area contributed by atoms with E-state index in [-0.39, 0.29) is 18.0 Å². The molecule has 1 aromatic carbocycles. The highest BCUT2D eigenvalue weighted by atomic mass is 16.5. The molecule has 0 unspecified atom stereocenters. The number of rotatable bonds is 6. The smallest absolute Gasteiger partial charge is 0.315 e. The minimum Gasteiger partial charge on any atom is -0.497 e. The Morgan fingerprint density at radius 1 is 0.966 bits per heavy atom. The first-order chi connectivity index (χ1) is 14.1. The number of amides is 3. The van der Waals surface area contributed by atoms with Crippen LogP contribution < -0.4 is 20.1 Å². The highest BCUT2D eigenvalue weighted by molar-refractivity contribution is 5.80. The third kappa shape index (κ3) is 6.02. The van der Waals surface area contributed by atoms with Crippen molar-refractivity contribution in [2.24, 2.45) is 0 Å². The second-order valence-electron chi connectivity index (χ2n) is 7.96. The quantitative estimate of drug-likeness (QED) is 0.765. The van der Waals surface area contributed by atoms with Gasteiger partial charge in [-0.2, -0.15) is 0 Å². The summed E-state index contributed by atoms with van der Waals surface area (Å²) in [6.07, 6.45) is 7.69. The molecule has 0 atom stereocenters. The number of ether oxygens (including phenoxy) is 2. The lowest BCUT2D eigenvalue weighted by Gasteiger charge is -2.33. The molecule has 1 aliphatic heterocycles. The van der Waals surface area contributed by atoms with Gasteiger partial charge >= 0.3 is 6.03 Å². The first-order valence-electron chi connectivity index (χ1n) is 10.6. The summed E-state index contributed by atoms with van der Waals surface area (Å²) in [6, 6.07) is 5.88. The highest BCUT2D eigenvalue weighted by Gasteiger charge is 2.25. The van der Waals surface area contributed by atoms with Gasteiger partial charge in [0, 0.05) is 36.8 Å². The number of urea groups is 1. The van der Waals surface area contributed by atoms with Crippen LogP contribution in [0.3, 0.4) is 0 Å². The monoisotopic (exact) mass is 403 g/mol. The first kappa shape index (κ1) is 21.3. The Labute approximate surface area is 173 Å². The van der Waals surface area contributed by atoms with E-state index >= 15 is 0 Å². The number of carbonyl (C=O) groups is 2. The fraction of sp³-hybridized carbons (Fsp3) is 0.636. The van der Waals surface area contributed by atoms with Gasteiger partial charge in [-0.15, -0.1) is 0 Å². The van der Waals surface area contributed by atoms with Crippen molar-refractivity contribution in [3.63, 3.8) is 0 Å². The van der Waals surface area contributed by atoms with Gasteiger partial charge in [-0.05, 0) is 31.7 Å². The minimum atomic E-state index is -0.0651. The summed E-state index contributed by atoms with van der Waals surface area (Å²) >= 11 is 0. The third-order valence-corrected chi connectivity index (χ3v) is 5.96. The number of nitrogens with zero attached hydrogens (tertiary/aromatic N) is 1. The summed E-state index contributed by atoms with van der Waals surface area (Å²) in [4.78, 5) is 26.8. The Morgan fingerprint density at radius 2 is 1.62 bits per heavy atom.